The minimum atomic E-state index is -0.225. The van der Waals surface area contributed by atoms with E-state index >= 15 is 0 Å². The molecule has 0 bridgehead atoms. The first-order chi connectivity index (χ1) is 11.7. The van der Waals surface area contributed by atoms with E-state index in [1.54, 1.807) is 0 Å². The van der Waals surface area contributed by atoms with Gasteiger partial charge in [0.25, 0.3) is 5.91 Å². The van der Waals surface area contributed by atoms with E-state index in [1.165, 1.54) is 11.3 Å². The first-order valence-corrected chi connectivity index (χ1v) is 8.50. The van der Waals surface area contributed by atoms with Gasteiger partial charge < -0.3 is 15.2 Å². The Kier molecular flexibility index (Phi) is 3.69. The van der Waals surface area contributed by atoms with Crippen LogP contribution in [-0.4, -0.2) is 24.0 Å². The van der Waals surface area contributed by atoms with Crippen LogP contribution in [0.5, 0.6) is 0 Å². The lowest BCUT2D eigenvalue weighted by atomic mass is 10.1. The SMILES string of the molecule is CCN1CCc2ccc(NC(=O)c3[nH]c4ccccc4c3Cl)cc21. The van der Waals surface area contributed by atoms with Crippen LogP contribution in [0.3, 0.4) is 0 Å². The number of fused-ring (bicyclic) bond motifs is 2. The van der Waals surface area contributed by atoms with Crippen molar-refractivity contribution in [3.63, 3.8) is 0 Å². The third-order valence-electron chi connectivity index (χ3n) is 4.59. The van der Waals surface area contributed by atoms with E-state index in [0.29, 0.717) is 10.7 Å². The van der Waals surface area contributed by atoms with Crippen molar-refractivity contribution in [2.45, 2.75) is 13.3 Å². The molecule has 24 heavy (non-hydrogen) atoms. The van der Waals surface area contributed by atoms with Crippen molar-refractivity contribution in [1.29, 1.82) is 0 Å². The van der Waals surface area contributed by atoms with Crippen molar-refractivity contribution in [3.8, 4) is 0 Å². The van der Waals surface area contributed by atoms with E-state index in [1.807, 2.05) is 36.4 Å². The Morgan fingerprint density at radius 3 is 2.92 bits per heavy atom. The highest BCUT2D eigenvalue weighted by atomic mass is 35.5. The molecule has 3 aromatic rings. The summed E-state index contributed by atoms with van der Waals surface area (Å²) in [5, 5.41) is 4.27. The number of rotatable bonds is 3. The molecule has 0 unspecified atom stereocenters. The first kappa shape index (κ1) is 15.1. The molecule has 0 saturated heterocycles. The maximum Gasteiger partial charge on any atom is 0.273 e. The summed E-state index contributed by atoms with van der Waals surface area (Å²) in [7, 11) is 0. The molecule has 0 saturated carbocycles. The van der Waals surface area contributed by atoms with Gasteiger partial charge in [-0.3, -0.25) is 4.79 Å². The third-order valence-corrected chi connectivity index (χ3v) is 4.98. The summed E-state index contributed by atoms with van der Waals surface area (Å²) < 4.78 is 0. The molecule has 1 amide bonds. The standard InChI is InChI=1S/C19H18ClN3O/c1-2-23-10-9-12-7-8-13(11-16(12)23)21-19(24)18-17(20)14-5-3-4-6-15(14)22-18/h3-8,11,22H,2,9-10H2,1H3,(H,21,24). The van der Waals surface area contributed by atoms with E-state index in [0.717, 1.165) is 36.1 Å². The molecule has 1 aliphatic heterocycles. The van der Waals surface area contributed by atoms with Crippen LogP contribution in [0.25, 0.3) is 10.9 Å². The molecule has 0 fully saturated rings. The normalized spacial score (nSPS) is 13.3. The lowest BCUT2D eigenvalue weighted by molar-refractivity contribution is 0.102. The molecule has 1 aliphatic rings. The highest BCUT2D eigenvalue weighted by Gasteiger charge is 2.20. The van der Waals surface area contributed by atoms with Gasteiger partial charge >= 0.3 is 0 Å². The summed E-state index contributed by atoms with van der Waals surface area (Å²) >= 11 is 6.36. The minimum Gasteiger partial charge on any atom is -0.371 e. The quantitative estimate of drug-likeness (QED) is 0.740. The molecule has 122 valence electrons. The smallest absolute Gasteiger partial charge is 0.273 e. The summed E-state index contributed by atoms with van der Waals surface area (Å²) in [5.74, 6) is -0.225. The molecular formula is C19H18ClN3O. The van der Waals surface area contributed by atoms with Crippen molar-refractivity contribution < 1.29 is 4.79 Å². The Hall–Kier alpha value is -2.46. The van der Waals surface area contributed by atoms with Crippen LogP contribution in [0.2, 0.25) is 5.02 Å². The molecule has 2 aromatic carbocycles. The number of hydrogen-bond donors (Lipinski definition) is 2. The number of likely N-dealkylation sites (N-methyl/N-ethyl adjacent to an activating group) is 1. The molecule has 0 spiro atoms. The minimum absolute atomic E-state index is 0.225. The summed E-state index contributed by atoms with van der Waals surface area (Å²) in [6.07, 6.45) is 1.06. The topological polar surface area (TPSA) is 48.1 Å². The average Bonchev–Trinajstić information content (AvgIpc) is 3.16. The van der Waals surface area contributed by atoms with E-state index in [9.17, 15) is 4.79 Å². The molecule has 1 aromatic heterocycles. The zero-order valence-electron chi connectivity index (χ0n) is 13.4. The Bertz CT molecular complexity index is 932. The molecule has 0 atom stereocenters. The van der Waals surface area contributed by atoms with Crippen molar-refractivity contribution in [2.75, 3.05) is 23.3 Å². The first-order valence-electron chi connectivity index (χ1n) is 8.13. The Morgan fingerprint density at radius 1 is 1.29 bits per heavy atom. The summed E-state index contributed by atoms with van der Waals surface area (Å²) in [6.45, 7) is 4.15. The summed E-state index contributed by atoms with van der Waals surface area (Å²) in [5.41, 5.74) is 4.58. The number of anilines is 2. The predicted molar refractivity (Wildman–Crippen MR) is 99.3 cm³/mol. The number of carbonyl (C=O) groups excluding carboxylic acids is 1. The number of halogens is 1. The lowest BCUT2D eigenvalue weighted by Gasteiger charge is -2.17. The van der Waals surface area contributed by atoms with Crippen LogP contribution in [0.1, 0.15) is 23.0 Å². The van der Waals surface area contributed by atoms with Crippen LogP contribution in [0.4, 0.5) is 11.4 Å². The zero-order valence-corrected chi connectivity index (χ0v) is 14.2. The highest BCUT2D eigenvalue weighted by Crippen LogP contribution is 2.32. The van der Waals surface area contributed by atoms with Gasteiger partial charge in [-0.2, -0.15) is 0 Å². The lowest BCUT2D eigenvalue weighted by Crippen LogP contribution is -2.19. The maximum absolute atomic E-state index is 12.6. The van der Waals surface area contributed by atoms with Gasteiger partial charge in [0, 0.05) is 35.4 Å². The van der Waals surface area contributed by atoms with E-state index < -0.39 is 0 Å². The number of carbonyl (C=O) groups is 1. The second kappa shape index (κ2) is 5.87. The Labute approximate surface area is 145 Å². The van der Waals surface area contributed by atoms with Crippen molar-refractivity contribution >= 4 is 39.8 Å². The second-order valence-electron chi connectivity index (χ2n) is 5.99. The molecule has 5 heteroatoms. The number of H-pyrrole nitrogens is 1. The number of amides is 1. The second-order valence-corrected chi connectivity index (χ2v) is 6.36. The van der Waals surface area contributed by atoms with Gasteiger partial charge in [-0.15, -0.1) is 0 Å². The van der Waals surface area contributed by atoms with Gasteiger partial charge in [0.05, 0.1) is 5.02 Å². The molecular weight excluding hydrogens is 322 g/mol. The van der Waals surface area contributed by atoms with Crippen molar-refractivity contribution in [2.24, 2.45) is 0 Å². The summed E-state index contributed by atoms with van der Waals surface area (Å²) in [6, 6.07) is 13.7. The Balaban J connectivity index is 1.63. The van der Waals surface area contributed by atoms with Crippen LogP contribution >= 0.6 is 11.6 Å². The number of aromatic amines is 1. The fourth-order valence-corrected chi connectivity index (χ4v) is 3.61. The number of nitrogens with zero attached hydrogens (tertiary/aromatic N) is 1. The monoisotopic (exact) mass is 339 g/mol. The molecule has 4 rings (SSSR count). The zero-order chi connectivity index (χ0) is 16.7. The molecule has 0 aliphatic carbocycles. The number of nitrogens with one attached hydrogen (secondary N) is 2. The van der Waals surface area contributed by atoms with E-state index in [2.05, 4.69) is 28.2 Å². The van der Waals surface area contributed by atoms with Gasteiger partial charge in [-0.05, 0) is 37.1 Å². The van der Waals surface area contributed by atoms with Gasteiger partial charge in [0.15, 0.2) is 0 Å². The fraction of sp³-hybridized carbons (Fsp3) is 0.211. The number of hydrogen-bond acceptors (Lipinski definition) is 2. The number of para-hydroxylation sites is 1. The average molecular weight is 340 g/mol. The molecule has 4 nitrogen and oxygen atoms in total. The van der Waals surface area contributed by atoms with Gasteiger partial charge in [-0.25, -0.2) is 0 Å². The van der Waals surface area contributed by atoms with Crippen LogP contribution in [0.15, 0.2) is 42.5 Å². The van der Waals surface area contributed by atoms with Crippen LogP contribution in [-0.2, 0) is 6.42 Å². The summed E-state index contributed by atoms with van der Waals surface area (Å²) in [4.78, 5) is 18.0. The van der Waals surface area contributed by atoms with Gasteiger partial charge in [0.2, 0.25) is 0 Å². The van der Waals surface area contributed by atoms with Crippen LogP contribution < -0.4 is 10.2 Å². The largest absolute Gasteiger partial charge is 0.371 e. The molecule has 0 radical (unpaired) electrons. The van der Waals surface area contributed by atoms with Gasteiger partial charge in [-0.1, -0.05) is 35.9 Å². The fourth-order valence-electron chi connectivity index (χ4n) is 3.31. The number of aromatic nitrogens is 1. The third kappa shape index (κ3) is 2.43. The Morgan fingerprint density at radius 2 is 2.12 bits per heavy atom. The number of benzene rings is 2. The van der Waals surface area contributed by atoms with E-state index in [-0.39, 0.29) is 5.91 Å². The highest BCUT2D eigenvalue weighted by molar-refractivity contribution is 6.39. The van der Waals surface area contributed by atoms with Crippen molar-refractivity contribution in [3.05, 3.63) is 58.7 Å². The van der Waals surface area contributed by atoms with E-state index in [4.69, 9.17) is 11.6 Å². The van der Waals surface area contributed by atoms with Gasteiger partial charge in [0.1, 0.15) is 5.69 Å². The molecule has 2 heterocycles. The van der Waals surface area contributed by atoms with Crippen molar-refractivity contribution in [1.82, 2.24) is 4.98 Å². The molecule has 2 N–H and O–H groups in total. The van der Waals surface area contributed by atoms with Crippen LogP contribution in [0, 0.1) is 0 Å². The maximum atomic E-state index is 12.6. The predicted octanol–water partition coefficient (Wildman–Crippen LogP) is 4.46.